The number of fused-ring (bicyclic) bond motifs is 1. The summed E-state index contributed by atoms with van der Waals surface area (Å²) in [5.74, 6) is 1.19. The number of ether oxygens (including phenoxy) is 1. The number of nitrogens with one attached hydrogen (secondary N) is 1. The molecule has 5 nitrogen and oxygen atoms in total. The highest BCUT2D eigenvalue weighted by atomic mass is 16.5. The van der Waals surface area contributed by atoms with Crippen molar-refractivity contribution < 1.29 is 9.53 Å². The van der Waals surface area contributed by atoms with E-state index in [1.807, 2.05) is 36.4 Å². The summed E-state index contributed by atoms with van der Waals surface area (Å²) < 4.78 is 5.75. The first kappa shape index (κ1) is 12.5. The molecule has 0 radical (unpaired) electrons. The molecule has 1 aromatic heterocycles. The van der Waals surface area contributed by atoms with Crippen LogP contribution in [0.1, 0.15) is 0 Å². The topological polar surface area (TPSA) is 54.5 Å². The molecule has 102 valence electrons. The summed E-state index contributed by atoms with van der Waals surface area (Å²) in [6, 6.07) is 13.1. The fourth-order valence-corrected chi connectivity index (χ4v) is 2.13. The van der Waals surface area contributed by atoms with E-state index in [0.717, 1.165) is 5.69 Å². The van der Waals surface area contributed by atoms with Crippen molar-refractivity contribution >= 4 is 17.4 Å². The zero-order valence-corrected chi connectivity index (χ0v) is 11.1. The Morgan fingerprint density at radius 1 is 1.30 bits per heavy atom. The number of pyridine rings is 1. The van der Waals surface area contributed by atoms with Gasteiger partial charge in [0.1, 0.15) is 11.6 Å². The summed E-state index contributed by atoms with van der Waals surface area (Å²) in [6.07, 6.45) is 1.12. The quantitative estimate of drug-likeness (QED) is 0.905. The lowest BCUT2D eigenvalue weighted by molar-refractivity contribution is -0.124. The number of amides is 1. The highest BCUT2D eigenvalue weighted by Gasteiger charge is 2.29. The van der Waals surface area contributed by atoms with Gasteiger partial charge in [-0.1, -0.05) is 18.2 Å². The average Bonchev–Trinajstić information content (AvgIpc) is 2.54. The minimum atomic E-state index is -0.545. The van der Waals surface area contributed by atoms with Gasteiger partial charge in [0.25, 0.3) is 5.91 Å². The molecule has 20 heavy (non-hydrogen) atoms. The van der Waals surface area contributed by atoms with E-state index in [2.05, 4.69) is 10.3 Å². The number of benzene rings is 1. The van der Waals surface area contributed by atoms with Crippen molar-refractivity contribution in [2.45, 2.75) is 6.10 Å². The van der Waals surface area contributed by atoms with Crippen LogP contribution < -0.4 is 15.0 Å². The summed E-state index contributed by atoms with van der Waals surface area (Å²) in [5.41, 5.74) is 0.914. The molecule has 3 rings (SSSR count). The number of hydrogen-bond donors (Lipinski definition) is 1. The molecule has 5 heteroatoms. The number of likely N-dealkylation sites (N-methyl/N-ethyl adjacent to an activating group) is 1. The van der Waals surface area contributed by atoms with Gasteiger partial charge in [0.15, 0.2) is 6.10 Å². The molecule has 1 amide bonds. The van der Waals surface area contributed by atoms with Crippen molar-refractivity contribution in [2.24, 2.45) is 0 Å². The maximum atomic E-state index is 12.4. The molecule has 0 bridgehead atoms. The first-order chi connectivity index (χ1) is 9.75. The number of aromatic nitrogens is 1. The SMILES string of the molecule is CN(C(=O)C1CNc2ccccc2O1)c1ccccn1. The fourth-order valence-electron chi connectivity index (χ4n) is 2.13. The second-order valence-corrected chi connectivity index (χ2v) is 4.57. The number of rotatable bonds is 2. The van der Waals surface area contributed by atoms with Crippen molar-refractivity contribution in [1.29, 1.82) is 0 Å². The molecular weight excluding hydrogens is 254 g/mol. The van der Waals surface area contributed by atoms with Gasteiger partial charge in [0.05, 0.1) is 12.2 Å². The molecule has 0 aliphatic carbocycles. The van der Waals surface area contributed by atoms with Crippen LogP contribution in [-0.2, 0) is 4.79 Å². The third-order valence-electron chi connectivity index (χ3n) is 3.23. The average molecular weight is 269 g/mol. The van der Waals surface area contributed by atoms with Gasteiger partial charge in [-0.3, -0.25) is 9.69 Å². The number of hydrogen-bond acceptors (Lipinski definition) is 4. The number of para-hydroxylation sites is 2. The zero-order valence-electron chi connectivity index (χ0n) is 11.1. The van der Waals surface area contributed by atoms with Crippen molar-refractivity contribution in [2.75, 3.05) is 23.8 Å². The van der Waals surface area contributed by atoms with E-state index >= 15 is 0 Å². The summed E-state index contributed by atoms with van der Waals surface area (Å²) in [4.78, 5) is 18.1. The third kappa shape index (κ3) is 2.30. The first-order valence-corrected chi connectivity index (χ1v) is 6.44. The monoisotopic (exact) mass is 269 g/mol. The van der Waals surface area contributed by atoms with Crippen LogP contribution in [0.4, 0.5) is 11.5 Å². The van der Waals surface area contributed by atoms with Crippen molar-refractivity contribution in [3.8, 4) is 5.75 Å². The van der Waals surface area contributed by atoms with Crippen molar-refractivity contribution in [3.05, 3.63) is 48.7 Å². The predicted octanol–water partition coefficient (Wildman–Crippen LogP) is 1.92. The molecule has 1 atom stereocenters. The van der Waals surface area contributed by atoms with Gasteiger partial charge in [-0.05, 0) is 24.3 Å². The zero-order chi connectivity index (χ0) is 13.9. The second-order valence-electron chi connectivity index (χ2n) is 4.57. The van der Waals surface area contributed by atoms with Gasteiger partial charge in [0.2, 0.25) is 0 Å². The molecule has 0 saturated carbocycles. The summed E-state index contributed by atoms with van der Waals surface area (Å²) in [7, 11) is 1.70. The third-order valence-corrected chi connectivity index (χ3v) is 3.23. The Morgan fingerprint density at radius 2 is 2.10 bits per heavy atom. The van der Waals surface area contributed by atoms with E-state index < -0.39 is 6.10 Å². The van der Waals surface area contributed by atoms with Gasteiger partial charge in [-0.25, -0.2) is 4.98 Å². The summed E-state index contributed by atoms with van der Waals surface area (Å²) >= 11 is 0. The highest BCUT2D eigenvalue weighted by Crippen LogP contribution is 2.28. The molecule has 2 heterocycles. The van der Waals surface area contributed by atoms with Crippen LogP contribution in [0.15, 0.2) is 48.7 Å². The maximum Gasteiger partial charge on any atom is 0.270 e. The molecule has 2 aromatic rings. The molecule has 0 spiro atoms. The largest absolute Gasteiger partial charge is 0.477 e. The lowest BCUT2D eigenvalue weighted by atomic mass is 10.2. The van der Waals surface area contributed by atoms with Gasteiger partial charge >= 0.3 is 0 Å². The van der Waals surface area contributed by atoms with E-state index in [4.69, 9.17) is 4.74 Å². The molecule has 0 saturated heterocycles. The van der Waals surface area contributed by atoms with E-state index in [-0.39, 0.29) is 5.91 Å². The fraction of sp³-hybridized carbons (Fsp3) is 0.200. The Bertz CT molecular complexity index is 616. The number of carbonyl (C=O) groups is 1. The molecule has 0 fully saturated rings. The maximum absolute atomic E-state index is 12.4. The number of carbonyl (C=O) groups excluding carboxylic acids is 1. The molecule has 1 aromatic carbocycles. The first-order valence-electron chi connectivity index (χ1n) is 6.44. The van der Waals surface area contributed by atoms with Gasteiger partial charge in [-0.15, -0.1) is 0 Å². The van der Waals surface area contributed by atoms with Crippen LogP contribution in [0.25, 0.3) is 0 Å². The Hall–Kier alpha value is -2.56. The van der Waals surface area contributed by atoms with E-state index in [1.54, 1.807) is 19.3 Å². The Labute approximate surface area is 117 Å². The smallest absolute Gasteiger partial charge is 0.270 e. The highest BCUT2D eigenvalue weighted by molar-refractivity contribution is 5.96. The van der Waals surface area contributed by atoms with Crippen LogP contribution in [-0.4, -0.2) is 30.6 Å². The van der Waals surface area contributed by atoms with Crippen LogP contribution in [0.2, 0.25) is 0 Å². The van der Waals surface area contributed by atoms with Gasteiger partial charge in [-0.2, -0.15) is 0 Å². The molecule has 1 aliphatic heterocycles. The summed E-state index contributed by atoms with van der Waals surface area (Å²) in [6.45, 7) is 0.451. The van der Waals surface area contributed by atoms with Crippen LogP contribution in [0.5, 0.6) is 5.75 Å². The molecular formula is C15H15N3O2. The summed E-state index contributed by atoms with van der Waals surface area (Å²) in [5, 5.41) is 3.21. The van der Waals surface area contributed by atoms with E-state index in [0.29, 0.717) is 18.1 Å². The van der Waals surface area contributed by atoms with Crippen molar-refractivity contribution in [1.82, 2.24) is 4.98 Å². The van der Waals surface area contributed by atoms with Crippen LogP contribution >= 0.6 is 0 Å². The molecule has 1 unspecified atom stereocenters. The lowest BCUT2D eigenvalue weighted by Crippen LogP contribution is -2.45. The van der Waals surface area contributed by atoms with Crippen LogP contribution in [0.3, 0.4) is 0 Å². The van der Waals surface area contributed by atoms with E-state index in [1.165, 1.54) is 4.90 Å². The molecule has 1 N–H and O–H groups in total. The number of nitrogens with zero attached hydrogens (tertiary/aromatic N) is 2. The van der Waals surface area contributed by atoms with E-state index in [9.17, 15) is 4.79 Å². The Kier molecular flexibility index (Phi) is 3.25. The minimum Gasteiger partial charge on any atom is -0.477 e. The minimum absolute atomic E-state index is 0.120. The standard InChI is InChI=1S/C15H15N3O2/c1-18(14-8-4-5-9-16-14)15(19)13-10-17-11-6-2-3-7-12(11)20-13/h2-9,13,17H,10H2,1H3. The Balaban J connectivity index is 1.76. The van der Waals surface area contributed by atoms with Crippen molar-refractivity contribution in [3.63, 3.8) is 0 Å². The molecule has 1 aliphatic rings. The van der Waals surface area contributed by atoms with Gasteiger partial charge < -0.3 is 10.1 Å². The second kappa shape index (κ2) is 5.21. The Morgan fingerprint density at radius 3 is 2.90 bits per heavy atom. The normalized spacial score (nSPS) is 16.6. The van der Waals surface area contributed by atoms with Gasteiger partial charge in [0, 0.05) is 13.2 Å². The van der Waals surface area contributed by atoms with Crippen LogP contribution in [0, 0.1) is 0 Å². The lowest BCUT2D eigenvalue weighted by Gasteiger charge is -2.29. The predicted molar refractivity (Wildman–Crippen MR) is 77.0 cm³/mol. The number of anilines is 2.